The second kappa shape index (κ2) is 29.7. The molecule has 0 unspecified atom stereocenters. The molecule has 0 aliphatic carbocycles. The maximum atomic E-state index is 14.8. The van der Waals surface area contributed by atoms with Gasteiger partial charge in [0.2, 0.25) is 53.2 Å². The van der Waals surface area contributed by atoms with Gasteiger partial charge >= 0.3 is 5.97 Å². The zero-order valence-corrected chi connectivity index (χ0v) is 45.1. The molecule has 4 aliphatic heterocycles. The number of carboxylic acid groups (broad SMARTS) is 1. The Labute approximate surface area is 462 Å². The number of nitrogens with two attached hydrogens (primary N) is 3. The van der Waals surface area contributed by atoms with Crippen LogP contribution in [0.1, 0.15) is 90.0 Å². The molecule has 4 aliphatic rings. The molecule has 4 fully saturated rings. The van der Waals surface area contributed by atoms with Crippen LogP contribution in [0.3, 0.4) is 0 Å². The van der Waals surface area contributed by atoms with Gasteiger partial charge in [-0.15, -0.1) is 0 Å². The quantitative estimate of drug-likeness (QED) is 0.0364. The fourth-order valence-corrected chi connectivity index (χ4v) is 10.5. The number of unbranched alkanes of at least 4 members (excludes halogenated alkanes) is 2. The van der Waals surface area contributed by atoms with E-state index in [1.54, 1.807) is 0 Å². The first kappa shape index (κ1) is 64.2. The van der Waals surface area contributed by atoms with Crippen molar-refractivity contribution < 1.29 is 83.7 Å². The Morgan fingerprint density at radius 2 is 1.12 bits per heavy atom. The molecule has 9 amide bonds. The van der Waals surface area contributed by atoms with Crippen LogP contribution in [0.5, 0.6) is 5.75 Å². The standard InChI is InChI=1S/C51H80N12O17/c1-26(55-43(71)33(54)8-3-5-15-52)42(70)56-34(9-4-6-16-53)47(75)60-17-7-10-37(60)45(73)58-36(25-64)44(72)57-35(18-28-11-13-29(66)14-12-28)48(76)62-23-31(68)20-39(62)50(78)63-24-32(69)21-40(63)49(77)61-22-30(67)19-38(61)46(74)59-41(27(2)65)51(79)80/h11-14,26-27,30-41,64-69H,3-10,15-25,52-54H2,1-2H3,(H,55,71)(H,56,70)(H,57,72)(H,58,73)(H,59,74)(H,79,80)/t26-,27+,30+,31+,32+,33-,34-,35-,36-,37-,38-,39-,40-,41-/m0/s1. The van der Waals surface area contributed by atoms with Crippen LogP contribution < -0.4 is 43.8 Å². The lowest BCUT2D eigenvalue weighted by Gasteiger charge is -2.35. The summed E-state index contributed by atoms with van der Waals surface area (Å²) in [5.74, 6) is -9.28. The Morgan fingerprint density at radius 1 is 0.613 bits per heavy atom. The number of aromatic hydroxyl groups is 1. The number of nitrogens with zero attached hydrogens (tertiary/aromatic N) is 4. The van der Waals surface area contributed by atoms with Crippen LogP contribution in [-0.4, -0.2) is 245 Å². The second-order valence-corrected chi connectivity index (χ2v) is 21.1. The number of β-amino-alcohol motifs (C(OH)–C–C–N with tert-alkyl or cyclic N) is 3. The highest BCUT2D eigenvalue weighted by molar-refractivity contribution is 5.99. The summed E-state index contributed by atoms with van der Waals surface area (Å²) >= 11 is 0. The highest BCUT2D eigenvalue weighted by Crippen LogP contribution is 2.30. The summed E-state index contributed by atoms with van der Waals surface area (Å²) in [5.41, 5.74) is 17.6. The summed E-state index contributed by atoms with van der Waals surface area (Å²) in [6, 6.07) is -8.36. The van der Waals surface area contributed by atoms with E-state index >= 15 is 0 Å². The van der Waals surface area contributed by atoms with E-state index in [1.165, 1.54) is 36.1 Å². The van der Waals surface area contributed by atoms with Gasteiger partial charge in [-0.1, -0.05) is 18.6 Å². The minimum Gasteiger partial charge on any atom is -0.508 e. The lowest BCUT2D eigenvalue weighted by atomic mass is 10.0. The van der Waals surface area contributed by atoms with Crippen molar-refractivity contribution in [3.8, 4) is 5.75 Å². The van der Waals surface area contributed by atoms with Crippen molar-refractivity contribution >= 4 is 59.1 Å². The maximum absolute atomic E-state index is 14.8. The number of likely N-dealkylation sites (tertiary alicyclic amines) is 4. The number of hydrogen-bond acceptors (Lipinski definition) is 19. The van der Waals surface area contributed by atoms with Crippen molar-refractivity contribution in [1.29, 1.82) is 0 Å². The molecule has 0 bridgehead atoms. The number of amides is 9. The number of phenolic OH excluding ortho intramolecular Hbond substituents is 1. The predicted molar refractivity (Wildman–Crippen MR) is 280 cm³/mol. The van der Waals surface area contributed by atoms with Crippen LogP contribution in [0.15, 0.2) is 24.3 Å². The molecule has 80 heavy (non-hydrogen) atoms. The first-order valence-corrected chi connectivity index (χ1v) is 27.1. The molecule has 14 atom stereocenters. The first-order valence-electron chi connectivity index (χ1n) is 27.1. The number of rotatable bonds is 27. The van der Waals surface area contributed by atoms with Crippen molar-refractivity contribution in [2.75, 3.05) is 45.9 Å². The summed E-state index contributed by atoms with van der Waals surface area (Å²) in [7, 11) is 0. The van der Waals surface area contributed by atoms with Gasteiger partial charge in [0.15, 0.2) is 6.04 Å². The molecule has 1 aromatic rings. The van der Waals surface area contributed by atoms with E-state index in [0.717, 1.165) is 21.6 Å². The molecule has 1 aromatic carbocycles. The highest BCUT2D eigenvalue weighted by atomic mass is 16.4. The minimum absolute atomic E-state index is 0.0784. The number of carbonyl (C=O) groups is 10. The van der Waals surface area contributed by atoms with Crippen LogP contribution in [0.2, 0.25) is 0 Å². The van der Waals surface area contributed by atoms with Gasteiger partial charge in [-0.3, -0.25) is 43.2 Å². The molecule has 5 rings (SSSR count). The average molecular weight is 1130 g/mol. The molecular formula is C51H80N12O17. The summed E-state index contributed by atoms with van der Waals surface area (Å²) in [5, 5.41) is 84.9. The number of carbonyl (C=O) groups excluding carboxylic acids is 9. The fraction of sp³-hybridized carbons (Fsp3) is 0.686. The van der Waals surface area contributed by atoms with Gasteiger partial charge < -0.3 is 99.1 Å². The smallest absolute Gasteiger partial charge is 0.328 e. The van der Waals surface area contributed by atoms with E-state index in [4.69, 9.17) is 17.2 Å². The molecule has 0 spiro atoms. The van der Waals surface area contributed by atoms with Gasteiger partial charge in [-0.2, -0.15) is 0 Å². The third-order valence-electron chi connectivity index (χ3n) is 14.9. The van der Waals surface area contributed by atoms with Crippen molar-refractivity contribution in [1.82, 2.24) is 46.2 Å². The Bertz CT molecular complexity index is 2370. The van der Waals surface area contributed by atoms with Crippen molar-refractivity contribution in [3.05, 3.63) is 29.8 Å². The largest absolute Gasteiger partial charge is 0.508 e. The zero-order valence-electron chi connectivity index (χ0n) is 45.1. The monoisotopic (exact) mass is 1130 g/mol. The lowest BCUT2D eigenvalue weighted by Crippen LogP contribution is -2.61. The summed E-state index contributed by atoms with van der Waals surface area (Å²) in [6.07, 6.45) is -3.67. The molecule has 29 nitrogen and oxygen atoms in total. The van der Waals surface area contributed by atoms with E-state index < -0.39 is 170 Å². The normalized spacial score (nSPS) is 24.4. The third-order valence-corrected chi connectivity index (χ3v) is 14.9. The maximum Gasteiger partial charge on any atom is 0.328 e. The summed E-state index contributed by atoms with van der Waals surface area (Å²) < 4.78 is 0. The van der Waals surface area contributed by atoms with Crippen molar-refractivity contribution in [3.63, 3.8) is 0 Å². The molecule has 0 saturated carbocycles. The third kappa shape index (κ3) is 16.7. The fourth-order valence-electron chi connectivity index (χ4n) is 10.5. The molecule has 29 heteroatoms. The molecule has 18 N–H and O–H groups in total. The van der Waals surface area contributed by atoms with Gasteiger partial charge in [0, 0.05) is 51.9 Å². The molecular weight excluding hydrogens is 1050 g/mol. The molecule has 4 saturated heterocycles. The Balaban J connectivity index is 1.32. The predicted octanol–water partition coefficient (Wildman–Crippen LogP) is -6.70. The van der Waals surface area contributed by atoms with Crippen LogP contribution in [0, 0.1) is 0 Å². The molecule has 4 heterocycles. The van der Waals surface area contributed by atoms with E-state index in [9.17, 15) is 83.7 Å². The molecule has 0 radical (unpaired) electrons. The summed E-state index contributed by atoms with van der Waals surface area (Å²) in [4.78, 5) is 141. The van der Waals surface area contributed by atoms with E-state index in [0.29, 0.717) is 57.2 Å². The number of aliphatic carboxylic acids is 1. The van der Waals surface area contributed by atoms with E-state index in [1.807, 2.05) is 0 Å². The zero-order chi connectivity index (χ0) is 59.1. The second-order valence-electron chi connectivity index (χ2n) is 21.1. The SMILES string of the molecule is C[C@H](NC(=O)[C@@H](N)CCCCN)C(=O)N[C@@H](CCCCN)C(=O)N1CCC[C@H]1C(=O)N[C@@H](CO)C(=O)N[C@@H](Cc1ccc(O)cc1)C(=O)N1C[C@H](O)C[C@H]1C(=O)N1C[C@H](O)C[C@H]1C(=O)N1C[C@H](O)C[C@H]1C(=O)N[C@H](C(=O)O)[C@@H](C)O. The van der Waals surface area contributed by atoms with Gasteiger partial charge in [0.05, 0.1) is 37.1 Å². The average Bonchev–Trinajstić information content (AvgIpc) is 4.26. The summed E-state index contributed by atoms with van der Waals surface area (Å²) in [6.45, 7) is 1.03. The first-order chi connectivity index (χ1) is 37.9. The Morgan fingerprint density at radius 3 is 1.69 bits per heavy atom. The molecule has 0 aromatic heterocycles. The van der Waals surface area contributed by atoms with Gasteiger partial charge in [-0.05, 0) is 89.6 Å². The van der Waals surface area contributed by atoms with Gasteiger partial charge in [0.1, 0.15) is 54.1 Å². The van der Waals surface area contributed by atoms with Crippen molar-refractivity contribution in [2.24, 2.45) is 17.2 Å². The van der Waals surface area contributed by atoms with E-state index in [2.05, 4.69) is 26.6 Å². The highest BCUT2D eigenvalue weighted by Gasteiger charge is 2.51. The number of aliphatic hydroxyl groups excluding tert-OH is 5. The Hall–Kier alpha value is -6.60. The topological polar surface area (TPSA) is 463 Å². The van der Waals surface area contributed by atoms with E-state index in [-0.39, 0.29) is 50.8 Å². The van der Waals surface area contributed by atoms with Crippen LogP contribution >= 0.6 is 0 Å². The molecule has 446 valence electrons. The number of nitrogens with one attached hydrogen (secondary N) is 5. The number of benzene rings is 1. The van der Waals surface area contributed by atoms with Crippen LogP contribution in [0.4, 0.5) is 0 Å². The van der Waals surface area contributed by atoms with Crippen molar-refractivity contribution in [2.45, 2.75) is 176 Å². The minimum atomic E-state index is -1.77. The van der Waals surface area contributed by atoms with Gasteiger partial charge in [0.25, 0.3) is 0 Å². The van der Waals surface area contributed by atoms with Gasteiger partial charge in [-0.25, -0.2) is 4.79 Å². The number of phenols is 1. The van der Waals surface area contributed by atoms with Crippen LogP contribution in [-0.2, 0) is 54.4 Å². The van der Waals surface area contributed by atoms with Crippen LogP contribution in [0.25, 0.3) is 0 Å². The number of hydrogen-bond donors (Lipinski definition) is 15. The number of carboxylic acids is 1. The number of aliphatic hydroxyl groups is 5. The lowest BCUT2D eigenvalue weighted by molar-refractivity contribution is -0.152. The Kier molecular flexibility index (Phi) is 23.9.